The van der Waals surface area contributed by atoms with E-state index in [0.29, 0.717) is 10.6 Å². The molecule has 2 aromatic rings. The van der Waals surface area contributed by atoms with Gasteiger partial charge in [0, 0.05) is 21.1 Å². The number of hydrogen-bond acceptors (Lipinski definition) is 5. The molecule has 0 spiro atoms. The number of carbonyl (C=O) groups excluding carboxylic acids is 2. The third-order valence-electron chi connectivity index (χ3n) is 2.68. The molecule has 1 heterocycles. The van der Waals surface area contributed by atoms with Crippen LogP contribution >= 0.6 is 27.3 Å². The van der Waals surface area contributed by atoms with Crippen LogP contribution in [0.5, 0.6) is 0 Å². The lowest BCUT2D eigenvalue weighted by molar-refractivity contribution is -0.122. The number of hydrogen-bond donors (Lipinski definition) is 3. The summed E-state index contributed by atoms with van der Waals surface area (Å²) in [7, 11) is 0. The molecule has 0 unspecified atom stereocenters. The predicted molar refractivity (Wildman–Crippen MR) is 86.3 cm³/mol. The van der Waals surface area contributed by atoms with Gasteiger partial charge in [-0.3, -0.25) is 9.59 Å². The molecule has 1 aromatic heterocycles. The molecule has 0 aliphatic rings. The van der Waals surface area contributed by atoms with Crippen molar-refractivity contribution in [3.63, 3.8) is 0 Å². The lowest BCUT2D eigenvalue weighted by atomic mass is 10.2. The van der Waals surface area contributed by atoms with E-state index in [1.165, 1.54) is 11.3 Å². The van der Waals surface area contributed by atoms with Gasteiger partial charge in [-0.1, -0.05) is 22.0 Å². The molecule has 0 saturated heterocycles. The number of nitrogens with two attached hydrogens (primary N) is 2. The van der Waals surface area contributed by atoms with Gasteiger partial charge in [-0.25, -0.2) is 0 Å². The number of nitrogens with one attached hydrogen (secondary N) is 1. The van der Waals surface area contributed by atoms with Gasteiger partial charge in [0.2, 0.25) is 5.91 Å². The highest BCUT2D eigenvalue weighted by Gasteiger charge is 2.17. The Balaban J connectivity index is 2.01. The van der Waals surface area contributed by atoms with E-state index in [0.717, 1.165) is 14.6 Å². The zero-order valence-electron chi connectivity index (χ0n) is 11.0. The Morgan fingerprint density at radius 2 is 2.14 bits per heavy atom. The molecule has 0 atom stereocenters. The fourth-order valence-corrected chi connectivity index (χ4v) is 3.56. The second kappa shape index (κ2) is 6.88. The van der Waals surface area contributed by atoms with Gasteiger partial charge < -0.3 is 21.5 Å². The van der Waals surface area contributed by atoms with Crippen molar-refractivity contribution in [1.29, 1.82) is 0 Å². The van der Waals surface area contributed by atoms with E-state index in [-0.39, 0.29) is 25.7 Å². The summed E-state index contributed by atoms with van der Waals surface area (Å²) in [5, 5.41) is 3.54. The molecule has 5 N–H and O–H groups in total. The number of amides is 2. The summed E-state index contributed by atoms with van der Waals surface area (Å²) in [6.07, 6.45) is 0. The van der Waals surface area contributed by atoms with Crippen LogP contribution in [-0.2, 0) is 9.53 Å². The van der Waals surface area contributed by atoms with Gasteiger partial charge >= 0.3 is 0 Å². The predicted octanol–water partition coefficient (Wildman–Crippen LogP) is 1.48. The first-order chi connectivity index (χ1) is 10.0. The molecule has 6 nitrogen and oxygen atoms in total. The van der Waals surface area contributed by atoms with Crippen LogP contribution in [0.2, 0.25) is 0 Å². The SMILES string of the molecule is NC(=O)COCCNC(=O)c1sc2cccc(Br)c2c1N. The van der Waals surface area contributed by atoms with E-state index >= 15 is 0 Å². The number of fused-ring (bicyclic) bond motifs is 1. The van der Waals surface area contributed by atoms with Crippen LogP contribution in [0.4, 0.5) is 5.69 Å². The van der Waals surface area contributed by atoms with E-state index in [2.05, 4.69) is 21.2 Å². The van der Waals surface area contributed by atoms with Crippen molar-refractivity contribution in [3.8, 4) is 0 Å². The minimum Gasteiger partial charge on any atom is -0.397 e. The molecule has 2 rings (SSSR count). The second-order valence-corrected chi connectivity index (χ2v) is 6.14. The molecule has 8 heteroatoms. The molecular weight excluding hydrogens is 358 g/mol. The van der Waals surface area contributed by atoms with E-state index in [1.807, 2.05) is 18.2 Å². The highest BCUT2D eigenvalue weighted by Crippen LogP contribution is 2.37. The maximum Gasteiger partial charge on any atom is 0.263 e. The zero-order valence-corrected chi connectivity index (χ0v) is 13.4. The van der Waals surface area contributed by atoms with E-state index < -0.39 is 5.91 Å². The fourth-order valence-electron chi connectivity index (χ4n) is 1.79. The van der Waals surface area contributed by atoms with Gasteiger partial charge in [0.1, 0.15) is 11.5 Å². The van der Waals surface area contributed by atoms with E-state index in [9.17, 15) is 9.59 Å². The monoisotopic (exact) mass is 371 g/mol. The standard InChI is InChI=1S/C13H14BrN3O3S/c14-7-2-1-3-8-10(7)11(16)12(21-8)13(19)17-4-5-20-6-9(15)18/h1-3H,4-6,16H2,(H2,15,18)(H,17,19). The van der Waals surface area contributed by atoms with Crippen molar-refractivity contribution in [2.75, 3.05) is 25.5 Å². The number of rotatable bonds is 6. The largest absolute Gasteiger partial charge is 0.397 e. The van der Waals surface area contributed by atoms with Gasteiger partial charge in [-0.05, 0) is 12.1 Å². The number of primary amides is 1. The van der Waals surface area contributed by atoms with Crippen LogP contribution in [0, 0.1) is 0 Å². The lowest BCUT2D eigenvalue weighted by Gasteiger charge is -2.04. The van der Waals surface area contributed by atoms with Crippen LogP contribution in [0.1, 0.15) is 9.67 Å². The zero-order chi connectivity index (χ0) is 15.4. The number of nitrogen functional groups attached to an aromatic ring is 1. The van der Waals surface area contributed by atoms with Gasteiger partial charge in [-0.2, -0.15) is 0 Å². The summed E-state index contributed by atoms with van der Waals surface area (Å²) < 4.78 is 6.77. The number of anilines is 1. The quantitative estimate of drug-likeness (QED) is 0.668. The average molecular weight is 372 g/mol. The number of benzene rings is 1. The molecule has 1 aromatic carbocycles. The number of halogens is 1. The second-order valence-electron chi connectivity index (χ2n) is 4.23. The highest BCUT2D eigenvalue weighted by molar-refractivity contribution is 9.10. The van der Waals surface area contributed by atoms with Gasteiger partial charge in [0.05, 0.1) is 12.3 Å². The molecule has 0 radical (unpaired) electrons. The normalized spacial score (nSPS) is 10.7. The Labute approximate surface area is 133 Å². The lowest BCUT2D eigenvalue weighted by Crippen LogP contribution is -2.28. The highest BCUT2D eigenvalue weighted by atomic mass is 79.9. The van der Waals surface area contributed by atoms with Gasteiger partial charge in [0.25, 0.3) is 5.91 Å². The maximum atomic E-state index is 12.1. The molecule has 0 saturated carbocycles. The van der Waals surface area contributed by atoms with Gasteiger partial charge in [-0.15, -0.1) is 11.3 Å². The molecule has 0 bridgehead atoms. The van der Waals surface area contributed by atoms with Crippen LogP contribution in [0.25, 0.3) is 10.1 Å². The molecule has 21 heavy (non-hydrogen) atoms. The van der Waals surface area contributed by atoms with Crippen LogP contribution in [-0.4, -0.2) is 31.6 Å². The fraction of sp³-hybridized carbons (Fsp3) is 0.231. The van der Waals surface area contributed by atoms with Crippen molar-refractivity contribution >= 4 is 54.9 Å². The Kier molecular flexibility index (Phi) is 5.16. The minimum atomic E-state index is -0.542. The Morgan fingerprint density at radius 3 is 2.81 bits per heavy atom. The van der Waals surface area contributed by atoms with Crippen LogP contribution < -0.4 is 16.8 Å². The summed E-state index contributed by atoms with van der Waals surface area (Å²) in [4.78, 5) is 23.0. The number of thiophene rings is 1. The molecule has 0 aliphatic heterocycles. The minimum absolute atomic E-state index is 0.159. The van der Waals surface area contributed by atoms with Gasteiger partial charge in [0.15, 0.2) is 0 Å². The first-order valence-electron chi connectivity index (χ1n) is 6.11. The topological polar surface area (TPSA) is 107 Å². The average Bonchev–Trinajstić information content (AvgIpc) is 2.76. The maximum absolute atomic E-state index is 12.1. The third-order valence-corrected chi connectivity index (χ3v) is 4.51. The number of ether oxygens (including phenoxy) is 1. The van der Waals surface area contributed by atoms with Crippen LogP contribution in [0.3, 0.4) is 0 Å². The Bertz CT molecular complexity index is 687. The third kappa shape index (κ3) is 3.72. The van der Waals surface area contributed by atoms with E-state index in [4.69, 9.17) is 16.2 Å². The van der Waals surface area contributed by atoms with Crippen molar-refractivity contribution in [2.24, 2.45) is 5.73 Å². The summed E-state index contributed by atoms with van der Waals surface area (Å²) >= 11 is 4.76. The smallest absolute Gasteiger partial charge is 0.263 e. The Hall–Kier alpha value is -1.64. The molecule has 0 aliphatic carbocycles. The molecule has 112 valence electrons. The summed E-state index contributed by atoms with van der Waals surface area (Å²) in [6, 6.07) is 5.68. The molecular formula is C13H14BrN3O3S. The number of carbonyl (C=O) groups is 2. The summed E-state index contributed by atoms with van der Waals surface area (Å²) in [5.41, 5.74) is 11.4. The van der Waals surface area contributed by atoms with Crippen molar-refractivity contribution in [3.05, 3.63) is 27.5 Å². The van der Waals surface area contributed by atoms with Crippen molar-refractivity contribution in [1.82, 2.24) is 5.32 Å². The first-order valence-corrected chi connectivity index (χ1v) is 7.72. The Morgan fingerprint density at radius 1 is 1.38 bits per heavy atom. The van der Waals surface area contributed by atoms with Crippen LogP contribution in [0.15, 0.2) is 22.7 Å². The molecule has 2 amide bonds. The first kappa shape index (κ1) is 15.7. The summed E-state index contributed by atoms with van der Waals surface area (Å²) in [5.74, 6) is -0.803. The summed E-state index contributed by atoms with van der Waals surface area (Å²) in [6.45, 7) is 0.331. The van der Waals surface area contributed by atoms with E-state index in [1.54, 1.807) is 0 Å². The molecule has 0 fully saturated rings. The van der Waals surface area contributed by atoms with Crippen molar-refractivity contribution in [2.45, 2.75) is 0 Å². The van der Waals surface area contributed by atoms with Crippen molar-refractivity contribution < 1.29 is 14.3 Å².